The summed E-state index contributed by atoms with van der Waals surface area (Å²) >= 11 is 7.66. The Bertz CT molecular complexity index is 1090. The predicted molar refractivity (Wildman–Crippen MR) is 107 cm³/mol. The van der Waals surface area contributed by atoms with E-state index in [0.717, 1.165) is 20.8 Å². The third-order valence-corrected chi connectivity index (χ3v) is 5.43. The maximum Gasteiger partial charge on any atom is 0.257 e. The number of thiazole rings is 1. The number of halogens is 1. The van der Waals surface area contributed by atoms with Crippen molar-refractivity contribution in [1.82, 2.24) is 9.97 Å². The van der Waals surface area contributed by atoms with Crippen LogP contribution in [-0.2, 0) is 0 Å². The number of hydrogen-bond donors (Lipinski definition) is 1. The fourth-order valence-corrected chi connectivity index (χ4v) is 3.76. The number of nitrogens with zero attached hydrogens (tertiary/aromatic N) is 2. The zero-order valence-corrected chi connectivity index (χ0v) is 15.4. The highest BCUT2D eigenvalue weighted by atomic mass is 35.5. The van der Waals surface area contributed by atoms with Gasteiger partial charge in [-0.1, -0.05) is 29.8 Å². The maximum atomic E-state index is 12.8. The van der Waals surface area contributed by atoms with Crippen molar-refractivity contribution in [2.45, 2.75) is 6.92 Å². The second-order valence-electron chi connectivity index (χ2n) is 5.80. The average molecular weight is 380 g/mol. The van der Waals surface area contributed by atoms with Gasteiger partial charge in [0.2, 0.25) is 0 Å². The summed E-state index contributed by atoms with van der Waals surface area (Å²) in [6.45, 7) is 1.92. The molecule has 0 saturated heterocycles. The zero-order valence-electron chi connectivity index (χ0n) is 13.9. The van der Waals surface area contributed by atoms with Gasteiger partial charge < -0.3 is 5.32 Å². The average Bonchev–Trinajstić information content (AvgIpc) is 3.09. The molecular weight excluding hydrogens is 366 g/mol. The van der Waals surface area contributed by atoms with Crippen LogP contribution in [0, 0.1) is 6.92 Å². The van der Waals surface area contributed by atoms with Gasteiger partial charge in [0.25, 0.3) is 5.91 Å². The first-order chi connectivity index (χ1) is 12.6. The number of nitrogens with one attached hydrogen (secondary N) is 1. The molecule has 1 amide bonds. The molecule has 0 spiro atoms. The van der Waals surface area contributed by atoms with Crippen LogP contribution in [0.2, 0.25) is 5.02 Å². The number of benzene rings is 2. The SMILES string of the molecule is Cc1ccc(NC(=O)c2cccnc2-c2nc3ccccc3s2)cc1Cl. The normalized spacial score (nSPS) is 10.8. The molecule has 4 nitrogen and oxygen atoms in total. The van der Waals surface area contributed by atoms with Gasteiger partial charge in [-0.3, -0.25) is 9.78 Å². The first-order valence-electron chi connectivity index (χ1n) is 8.00. The van der Waals surface area contributed by atoms with E-state index in [1.54, 1.807) is 24.4 Å². The van der Waals surface area contributed by atoms with Crippen molar-refractivity contribution in [3.8, 4) is 10.7 Å². The van der Waals surface area contributed by atoms with Crippen molar-refractivity contribution in [1.29, 1.82) is 0 Å². The van der Waals surface area contributed by atoms with Gasteiger partial charge in [-0.2, -0.15) is 0 Å². The lowest BCUT2D eigenvalue weighted by Crippen LogP contribution is -2.13. The molecule has 0 atom stereocenters. The van der Waals surface area contributed by atoms with E-state index in [2.05, 4.69) is 15.3 Å². The lowest BCUT2D eigenvalue weighted by atomic mass is 10.1. The first-order valence-corrected chi connectivity index (χ1v) is 9.20. The molecule has 4 aromatic rings. The molecule has 0 aliphatic carbocycles. The Labute approximate surface area is 159 Å². The first kappa shape index (κ1) is 16.7. The molecule has 26 heavy (non-hydrogen) atoms. The van der Waals surface area contributed by atoms with Crippen LogP contribution in [-0.4, -0.2) is 15.9 Å². The van der Waals surface area contributed by atoms with Crippen LogP contribution < -0.4 is 5.32 Å². The van der Waals surface area contributed by atoms with E-state index in [4.69, 9.17) is 11.6 Å². The third-order valence-electron chi connectivity index (χ3n) is 3.98. The number of aromatic nitrogens is 2. The van der Waals surface area contributed by atoms with Gasteiger partial charge in [-0.05, 0) is 48.9 Å². The molecule has 1 N–H and O–H groups in total. The fourth-order valence-electron chi connectivity index (χ4n) is 2.60. The highest BCUT2D eigenvalue weighted by Gasteiger charge is 2.17. The van der Waals surface area contributed by atoms with Gasteiger partial charge in [0, 0.05) is 16.9 Å². The summed E-state index contributed by atoms with van der Waals surface area (Å²) in [5, 5.41) is 4.22. The zero-order chi connectivity index (χ0) is 18.1. The van der Waals surface area contributed by atoms with Crippen LogP contribution in [0.3, 0.4) is 0 Å². The number of fused-ring (bicyclic) bond motifs is 1. The molecular formula is C20H14ClN3OS. The molecule has 2 aromatic heterocycles. The van der Waals surface area contributed by atoms with Gasteiger partial charge in [0.15, 0.2) is 0 Å². The number of anilines is 1. The summed E-state index contributed by atoms with van der Waals surface area (Å²) in [7, 11) is 0. The molecule has 0 aliphatic heterocycles. The van der Waals surface area contributed by atoms with Crippen molar-refractivity contribution in [2.75, 3.05) is 5.32 Å². The molecule has 0 saturated carbocycles. The van der Waals surface area contributed by atoms with Crippen molar-refractivity contribution >= 4 is 44.7 Å². The number of hydrogen-bond acceptors (Lipinski definition) is 4. The van der Waals surface area contributed by atoms with Crippen molar-refractivity contribution in [3.63, 3.8) is 0 Å². The lowest BCUT2D eigenvalue weighted by molar-refractivity contribution is 0.102. The number of aryl methyl sites for hydroxylation is 1. The second-order valence-corrected chi connectivity index (χ2v) is 7.24. The van der Waals surface area contributed by atoms with Gasteiger partial charge >= 0.3 is 0 Å². The van der Waals surface area contributed by atoms with Gasteiger partial charge in [0.1, 0.15) is 10.7 Å². The van der Waals surface area contributed by atoms with Gasteiger partial charge in [-0.15, -0.1) is 11.3 Å². The van der Waals surface area contributed by atoms with Crippen LogP contribution in [0.25, 0.3) is 20.9 Å². The molecule has 0 aliphatic rings. The van der Waals surface area contributed by atoms with E-state index >= 15 is 0 Å². The summed E-state index contributed by atoms with van der Waals surface area (Å²) < 4.78 is 1.06. The number of carbonyl (C=O) groups excluding carboxylic acids is 1. The fraction of sp³-hybridized carbons (Fsp3) is 0.0500. The Morgan fingerprint density at radius 3 is 2.77 bits per heavy atom. The van der Waals surface area contributed by atoms with E-state index < -0.39 is 0 Å². The van der Waals surface area contributed by atoms with Crippen LogP contribution in [0.5, 0.6) is 0 Å². The Morgan fingerprint density at radius 2 is 1.96 bits per heavy atom. The minimum atomic E-state index is -0.243. The summed E-state index contributed by atoms with van der Waals surface area (Å²) in [6.07, 6.45) is 1.67. The number of amides is 1. The standard InChI is InChI=1S/C20H14ClN3OS/c1-12-8-9-13(11-15(12)21)23-19(25)14-5-4-10-22-18(14)20-24-16-6-2-3-7-17(16)26-20/h2-11H,1H3,(H,23,25). The molecule has 2 aromatic carbocycles. The maximum absolute atomic E-state index is 12.8. The van der Waals surface area contributed by atoms with E-state index in [1.807, 2.05) is 43.3 Å². The van der Waals surface area contributed by atoms with E-state index in [0.29, 0.717) is 22.0 Å². The third kappa shape index (κ3) is 3.19. The summed E-state index contributed by atoms with van der Waals surface area (Å²) in [6, 6.07) is 16.8. The van der Waals surface area contributed by atoms with Crippen LogP contribution in [0.15, 0.2) is 60.8 Å². The lowest BCUT2D eigenvalue weighted by Gasteiger charge is -2.09. The van der Waals surface area contributed by atoms with Crippen molar-refractivity contribution in [3.05, 3.63) is 76.9 Å². The molecule has 0 bridgehead atoms. The number of pyridine rings is 1. The second kappa shape index (κ2) is 6.86. The molecule has 4 rings (SSSR count). The van der Waals surface area contributed by atoms with Gasteiger partial charge in [0.05, 0.1) is 15.8 Å². The minimum absolute atomic E-state index is 0.243. The van der Waals surface area contributed by atoms with Gasteiger partial charge in [-0.25, -0.2) is 4.98 Å². The molecule has 2 heterocycles. The number of para-hydroxylation sites is 1. The molecule has 6 heteroatoms. The monoisotopic (exact) mass is 379 g/mol. The molecule has 128 valence electrons. The Kier molecular flexibility index (Phi) is 4.41. The number of rotatable bonds is 3. The van der Waals surface area contributed by atoms with Crippen molar-refractivity contribution in [2.24, 2.45) is 0 Å². The van der Waals surface area contributed by atoms with Crippen molar-refractivity contribution < 1.29 is 4.79 Å². The number of carbonyl (C=O) groups is 1. The minimum Gasteiger partial charge on any atom is -0.322 e. The summed E-state index contributed by atoms with van der Waals surface area (Å²) in [5.41, 5.74) is 3.55. The summed E-state index contributed by atoms with van der Waals surface area (Å²) in [4.78, 5) is 21.8. The Morgan fingerprint density at radius 1 is 1.12 bits per heavy atom. The van der Waals surface area contributed by atoms with Crippen LogP contribution in [0.1, 0.15) is 15.9 Å². The topological polar surface area (TPSA) is 54.9 Å². The largest absolute Gasteiger partial charge is 0.322 e. The predicted octanol–water partition coefficient (Wildman–Crippen LogP) is 5.57. The van der Waals surface area contributed by atoms with Crippen LogP contribution in [0.4, 0.5) is 5.69 Å². The van der Waals surface area contributed by atoms with E-state index in [1.165, 1.54) is 11.3 Å². The highest BCUT2D eigenvalue weighted by Crippen LogP contribution is 2.31. The summed E-state index contributed by atoms with van der Waals surface area (Å²) in [5.74, 6) is -0.243. The molecule has 0 fully saturated rings. The highest BCUT2D eigenvalue weighted by molar-refractivity contribution is 7.21. The van der Waals surface area contributed by atoms with E-state index in [9.17, 15) is 4.79 Å². The molecule has 0 unspecified atom stereocenters. The Hall–Kier alpha value is -2.76. The Balaban J connectivity index is 1.70. The quantitative estimate of drug-likeness (QED) is 0.506. The van der Waals surface area contributed by atoms with Crippen LogP contribution >= 0.6 is 22.9 Å². The smallest absolute Gasteiger partial charge is 0.257 e. The van der Waals surface area contributed by atoms with E-state index in [-0.39, 0.29) is 5.91 Å². The molecule has 0 radical (unpaired) electrons.